The summed E-state index contributed by atoms with van der Waals surface area (Å²) in [6.07, 6.45) is 8.53. The van der Waals surface area contributed by atoms with Crippen molar-refractivity contribution in [3.05, 3.63) is 48.3 Å². The molecule has 7 heteroatoms. The second-order valence-electron chi connectivity index (χ2n) is 7.84. The second kappa shape index (κ2) is 10.8. The Labute approximate surface area is 180 Å². The Kier molecular flexibility index (Phi) is 7.90. The van der Waals surface area contributed by atoms with E-state index in [1.165, 1.54) is 17.1 Å². The van der Waals surface area contributed by atoms with E-state index in [1.54, 1.807) is 0 Å². The normalized spacial score (nSPS) is 16.9. The van der Waals surface area contributed by atoms with Gasteiger partial charge in [-0.25, -0.2) is 0 Å². The van der Waals surface area contributed by atoms with Gasteiger partial charge in [-0.2, -0.15) is 5.10 Å². The van der Waals surface area contributed by atoms with Gasteiger partial charge >= 0.3 is 0 Å². The molecule has 2 aromatic rings. The molecular formula is C23H35N7. The standard InChI is InChI=1S/C23H35N7/c1-3-13-28(14-4-2)19-9-11-20(12-10-19)30-16-6-8-22(30)18-29-15-5-7-21(29)17-26-27-23(24)25/h6,8-12,16-17,21H,3-5,7,13-15,18H2,1-2H3,(H4,24,25,27)/b26-17+. The fraction of sp³-hybridized carbons (Fsp3) is 0.478. The number of hydrogen-bond acceptors (Lipinski definition) is 4. The molecule has 1 unspecified atom stereocenters. The summed E-state index contributed by atoms with van der Waals surface area (Å²) in [6.45, 7) is 8.57. The topological polar surface area (TPSA) is 88.2 Å². The maximum atomic E-state index is 5.36. The Morgan fingerprint density at radius 1 is 1.13 bits per heavy atom. The van der Waals surface area contributed by atoms with Crippen LogP contribution in [0.25, 0.3) is 5.69 Å². The predicted octanol–water partition coefficient (Wildman–Crippen LogP) is 3.33. The zero-order valence-corrected chi connectivity index (χ0v) is 18.2. The molecule has 2 heterocycles. The van der Waals surface area contributed by atoms with Crippen LogP contribution in [0.4, 0.5) is 5.69 Å². The highest BCUT2D eigenvalue weighted by Crippen LogP contribution is 2.23. The van der Waals surface area contributed by atoms with Crippen molar-refractivity contribution in [2.75, 3.05) is 24.5 Å². The number of anilines is 1. The first-order valence-corrected chi connectivity index (χ1v) is 11.0. The quantitative estimate of drug-likeness (QED) is 0.358. The van der Waals surface area contributed by atoms with Gasteiger partial charge in [-0.15, -0.1) is 5.10 Å². The Morgan fingerprint density at radius 3 is 2.53 bits per heavy atom. The summed E-state index contributed by atoms with van der Waals surface area (Å²) in [6, 6.07) is 13.5. The molecule has 1 aliphatic heterocycles. The van der Waals surface area contributed by atoms with E-state index in [4.69, 9.17) is 11.5 Å². The molecule has 30 heavy (non-hydrogen) atoms. The van der Waals surface area contributed by atoms with Crippen LogP contribution in [0.5, 0.6) is 0 Å². The molecule has 1 saturated heterocycles. The molecule has 0 spiro atoms. The Hall–Kier alpha value is -2.80. The molecule has 1 aromatic heterocycles. The van der Waals surface area contributed by atoms with Crippen LogP contribution in [0.3, 0.4) is 0 Å². The van der Waals surface area contributed by atoms with Gasteiger partial charge < -0.3 is 20.9 Å². The van der Waals surface area contributed by atoms with Crippen molar-refractivity contribution >= 4 is 17.9 Å². The number of likely N-dealkylation sites (tertiary alicyclic amines) is 1. The van der Waals surface area contributed by atoms with Crippen molar-refractivity contribution in [1.82, 2.24) is 9.47 Å². The SMILES string of the molecule is CCCN(CCC)c1ccc(-n2cccc2CN2CCCC2/C=N/N=C(N)N)cc1. The summed E-state index contributed by atoms with van der Waals surface area (Å²) in [5.41, 5.74) is 14.5. The molecule has 0 saturated carbocycles. The first kappa shape index (κ1) is 21.9. The average Bonchev–Trinajstić information content (AvgIpc) is 3.38. The van der Waals surface area contributed by atoms with E-state index >= 15 is 0 Å². The lowest BCUT2D eigenvalue weighted by Gasteiger charge is -2.24. The van der Waals surface area contributed by atoms with E-state index in [0.717, 1.165) is 51.9 Å². The van der Waals surface area contributed by atoms with Crippen molar-refractivity contribution in [2.24, 2.45) is 21.7 Å². The Balaban J connectivity index is 1.72. The smallest absolute Gasteiger partial charge is 0.211 e. The van der Waals surface area contributed by atoms with Gasteiger partial charge in [0.15, 0.2) is 0 Å². The summed E-state index contributed by atoms with van der Waals surface area (Å²) in [4.78, 5) is 4.89. The Bertz CT molecular complexity index is 827. The molecule has 0 bridgehead atoms. The van der Waals surface area contributed by atoms with Crippen molar-refractivity contribution in [2.45, 2.75) is 52.1 Å². The molecule has 1 fully saturated rings. The van der Waals surface area contributed by atoms with E-state index in [9.17, 15) is 0 Å². The van der Waals surface area contributed by atoms with Crippen molar-refractivity contribution in [3.8, 4) is 5.69 Å². The van der Waals surface area contributed by atoms with Crippen LogP contribution in [-0.2, 0) is 6.54 Å². The maximum Gasteiger partial charge on any atom is 0.211 e. The van der Waals surface area contributed by atoms with Crippen molar-refractivity contribution < 1.29 is 0 Å². The summed E-state index contributed by atoms with van der Waals surface area (Å²) in [7, 11) is 0. The van der Waals surface area contributed by atoms with Crippen LogP contribution >= 0.6 is 0 Å². The number of nitrogens with two attached hydrogens (primary N) is 2. The monoisotopic (exact) mass is 409 g/mol. The van der Waals surface area contributed by atoms with E-state index in [0.29, 0.717) is 0 Å². The zero-order valence-electron chi connectivity index (χ0n) is 18.2. The van der Waals surface area contributed by atoms with Gasteiger partial charge in [0.25, 0.3) is 0 Å². The van der Waals surface area contributed by atoms with E-state index < -0.39 is 0 Å². The lowest BCUT2D eigenvalue weighted by Crippen LogP contribution is -2.31. The molecular weight excluding hydrogens is 374 g/mol. The average molecular weight is 410 g/mol. The minimum absolute atomic E-state index is 0.00967. The molecule has 1 aromatic carbocycles. The van der Waals surface area contributed by atoms with Gasteiger partial charge in [-0.3, -0.25) is 4.90 Å². The third-order valence-electron chi connectivity index (χ3n) is 5.50. The molecule has 3 rings (SSSR count). The molecule has 4 N–H and O–H groups in total. The van der Waals surface area contributed by atoms with Gasteiger partial charge in [0.1, 0.15) is 0 Å². The largest absolute Gasteiger partial charge is 0.372 e. The molecule has 0 radical (unpaired) electrons. The van der Waals surface area contributed by atoms with Crippen molar-refractivity contribution in [3.63, 3.8) is 0 Å². The zero-order chi connectivity index (χ0) is 21.3. The lowest BCUT2D eigenvalue weighted by atomic mass is 10.2. The highest BCUT2D eigenvalue weighted by atomic mass is 15.3. The summed E-state index contributed by atoms with van der Waals surface area (Å²) < 4.78 is 2.27. The number of aromatic nitrogens is 1. The fourth-order valence-corrected chi connectivity index (χ4v) is 4.13. The summed E-state index contributed by atoms with van der Waals surface area (Å²) in [5.74, 6) is -0.00967. The highest BCUT2D eigenvalue weighted by Gasteiger charge is 2.24. The third-order valence-corrected chi connectivity index (χ3v) is 5.50. The fourth-order valence-electron chi connectivity index (χ4n) is 4.13. The summed E-state index contributed by atoms with van der Waals surface area (Å²) >= 11 is 0. The van der Waals surface area contributed by atoms with Crippen molar-refractivity contribution in [1.29, 1.82) is 0 Å². The predicted molar refractivity (Wildman–Crippen MR) is 126 cm³/mol. The minimum Gasteiger partial charge on any atom is -0.372 e. The first-order chi connectivity index (χ1) is 14.6. The van der Waals surface area contributed by atoms with Gasteiger partial charge in [-0.1, -0.05) is 13.8 Å². The highest BCUT2D eigenvalue weighted by molar-refractivity contribution is 5.76. The molecule has 0 aliphatic carbocycles. The van der Waals surface area contributed by atoms with E-state index in [-0.39, 0.29) is 12.0 Å². The van der Waals surface area contributed by atoms with Crippen LogP contribution in [0.1, 0.15) is 45.2 Å². The molecule has 1 aliphatic rings. The minimum atomic E-state index is -0.00967. The molecule has 162 valence electrons. The van der Waals surface area contributed by atoms with Crippen LogP contribution in [0.15, 0.2) is 52.8 Å². The number of hydrogen-bond donors (Lipinski definition) is 2. The lowest BCUT2D eigenvalue weighted by molar-refractivity contribution is 0.292. The van der Waals surface area contributed by atoms with Crippen LogP contribution in [0, 0.1) is 0 Å². The first-order valence-electron chi connectivity index (χ1n) is 11.0. The van der Waals surface area contributed by atoms with Gasteiger partial charge in [0.05, 0.1) is 0 Å². The Morgan fingerprint density at radius 2 is 1.87 bits per heavy atom. The van der Waals surface area contributed by atoms with Gasteiger partial charge in [0, 0.05) is 55.2 Å². The van der Waals surface area contributed by atoms with Crippen LogP contribution in [0.2, 0.25) is 0 Å². The van der Waals surface area contributed by atoms with E-state index in [2.05, 4.69) is 81.0 Å². The third kappa shape index (κ3) is 5.63. The van der Waals surface area contributed by atoms with Gasteiger partial charge in [-0.05, 0) is 68.6 Å². The van der Waals surface area contributed by atoms with Crippen LogP contribution in [-0.4, -0.2) is 47.3 Å². The van der Waals surface area contributed by atoms with E-state index in [1.807, 2.05) is 6.21 Å². The summed E-state index contributed by atoms with van der Waals surface area (Å²) in [5, 5.41) is 7.77. The number of rotatable bonds is 10. The number of nitrogens with zero attached hydrogens (tertiary/aromatic N) is 5. The van der Waals surface area contributed by atoms with Crippen LogP contribution < -0.4 is 16.4 Å². The number of benzene rings is 1. The molecule has 1 atom stereocenters. The molecule has 0 amide bonds. The van der Waals surface area contributed by atoms with Gasteiger partial charge in [0.2, 0.25) is 5.96 Å². The molecule has 7 nitrogen and oxygen atoms in total. The maximum absolute atomic E-state index is 5.36. The second-order valence-corrected chi connectivity index (χ2v) is 7.84. The number of guanidine groups is 1.